The largest absolute Gasteiger partial charge is 0.0576 e. The fourth-order valence-corrected chi connectivity index (χ4v) is 2.51. The van der Waals surface area contributed by atoms with Gasteiger partial charge in [-0.2, -0.15) is 0 Å². The highest BCUT2D eigenvalue weighted by Gasteiger charge is 2.14. The normalized spacial score (nSPS) is 26.8. The van der Waals surface area contributed by atoms with E-state index in [0.717, 1.165) is 10.9 Å². The molecule has 0 nitrogen and oxygen atoms in total. The molecular formula is C7H7Br3. The van der Waals surface area contributed by atoms with Crippen LogP contribution in [0.5, 0.6) is 0 Å². The molecule has 0 radical (unpaired) electrons. The highest BCUT2D eigenvalue weighted by molar-refractivity contribution is 9.14. The predicted molar refractivity (Wildman–Crippen MR) is 55.7 cm³/mol. The van der Waals surface area contributed by atoms with Gasteiger partial charge in [-0.25, -0.2) is 0 Å². The van der Waals surface area contributed by atoms with Crippen LogP contribution in [0.1, 0.15) is 13.3 Å². The van der Waals surface area contributed by atoms with Crippen LogP contribution in [0, 0.1) is 5.92 Å². The van der Waals surface area contributed by atoms with Crippen LogP contribution in [0.3, 0.4) is 0 Å². The number of hydrogen-bond donors (Lipinski definition) is 0. The Bertz CT molecular complexity index is 203. The third-order valence-corrected chi connectivity index (χ3v) is 4.48. The first-order valence-corrected chi connectivity index (χ1v) is 5.40. The quantitative estimate of drug-likeness (QED) is 0.621. The summed E-state index contributed by atoms with van der Waals surface area (Å²) in [5.41, 5.74) is 0. The van der Waals surface area contributed by atoms with Crippen LogP contribution in [0.2, 0.25) is 0 Å². The van der Waals surface area contributed by atoms with E-state index in [2.05, 4.69) is 60.8 Å². The lowest BCUT2D eigenvalue weighted by atomic mass is 10.0. The Balaban J connectivity index is 2.88. The van der Waals surface area contributed by atoms with Gasteiger partial charge in [-0.05, 0) is 38.8 Å². The standard InChI is InChI=1S/C7H7Br3/c1-4-2-6(9)7(10)3-5(4)8/h3-4H,2H2,1H3. The van der Waals surface area contributed by atoms with E-state index >= 15 is 0 Å². The summed E-state index contributed by atoms with van der Waals surface area (Å²) in [6.45, 7) is 2.20. The molecule has 0 heterocycles. The number of rotatable bonds is 0. The summed E-state index contributed by atoms with van der Waals surface area (Å²) in [5, 5.41) is 0. The molecular weight excluding hydrogens is 324 g/mol. The molecule has 1 rings (SSSR count). The van der Waals surface area contributed by atoms with Gasteiger partial charge in [0.2, 0.25) is 0 Å². The van der Waals surface area contributed by atoms with Crippen LogP contribution >= 0.6 is 47.8 Å². The van der Waals surface area contributed by atoms with E-state index < -0.39 is 0 Å². The summed E-state index contributed by atoms with van der Waals surface area (Å²) >= 11 is 10.4. The first kappa shape index (κ1) is 9.01. The Morgan fingerprint density at radius 3 is 2.50 bits per heavy atom. The van der Waals surface area contributed by atoms with Crippen LogP contribution in [0.4, 0.5) is 0 Å². The van der Waals surface area contributed by atoms with Gasteiger partial charge in [-0.15, -0.1) is 0 Å². The Morgan fingerprint density at radius 1 is 1.40 bits per heavy atom. The summed E-state index contributed by atoms with van der Waals surface area (Å²) in [6.07, 6.45) is 3.18. The Hall–Kier alpha value is 0.920. The molecule has 3 heteroatoms. The van der Waals surface area contributed by atoms with Crippen molar-refractivity contribution in [3.63, 3.8) is 0 Å². The molecule has 0 N–H and O–H groups in total. The number of halogens is 3. The van der Waals surface area contributed by atoms with E-state index in [4.69, 9.17) is 0 Å². The fourth-order valence-electron chi connectivity index (χ4n) is 0.805. The number of hydrogen-bond acceptors (Lipinski definition) is 0. The predicted octanol–water partition coefficient (Wildman–Crippen LogP) is 4.31. The minimum Gasteiger partial charge on any atom is -0.0576 e. The molecule has 1 aliphatic rings. The average molecular weight is 331 g/mol. The van der Waals surface area contributed by atoms with Crippen LogP contribution in [-0.2, 0) is 0 Å². The molecule has 0 bridgehead atoms. The average Bonchev–Trinajstić information content (AvgIpc) is 1.84. The smallest absolute Gasteiger partial charge is 0.0284 e. The lowest BCUT2D eigenvalue weighted by Gasteiger charge is -2.15. The lowest BCUT2D eigenvalue weighted by molar-refractivity contribution is 0.721. The lowest BCUT2D eigenvalue weighted by Crippen LogP contribution is -1.99. The maximum Gasteiger partial charge on any atom is 0.0284 e. The molecule has 0 aromatic heterocycles. The molecule has 1 aliphatic carbocycles. The zero-order valence-corrected chi connectivity index (χ0v) is 10.3. The molecule has 0 saturated heterocycles. The molecule has 0 aliphatic heterocycles. The SMILES string of the molecule is CC1CC(Br)=C(Br)C=C1Br. The van der Waals surface area contributed by atoms with E-state index in [-0.39, 0.29) is 0 Å². The summed E-state index contributed by atoms with van der Waals surface area (Å²) in [6, 6.07) is 0. The van der Waals surface area contributed by atoms with Crippen molar-refractivity contribution < 1.29 is 0 Å². The van der Waals surface area contributed by atoms with Crippen molar-refractivity contribution in [1.29, 1.82) is 0 Å². The van der Waals surface area contributed by atoms with Crippen LogP contribution in [0.25, 0.3) is 0 Å². The molecule has 0 fully saturated rings. The number of allylic oxidation sites excluding steroid dienone is 4. The monoisotopic (exact) mass is 328 g/mol. The maximum atomic E-state index is 3.50. The molecule has 0 spiro atoms. The van der Waals surface area contributed by atoms with Crippen LogP contribution in [0.15, 0.2) is 19.5 Å². The Labute approximate surface area is 86.1 Å². The molecule has 0 amide bonds. The van der Waals surface area contributed by atoms with Gasteiger partial charge in [0.1, 0.15) is 0 Å². The molecule has 0 saturated carbocycles. The van der Waals surface area contributed by atoms with Crippen molar-refractivity contribution in [3.05, 3.63) is 19.5 Å². The third-order valence-electron chi connectivity index (χ3n) is 1.48. The van der Waals surface area contributed by atoms with Crippen molar-refractivity contribution in [1.82, 2.24) is 0 Å². The summed E-state index contributed by atoms with van der Waals surface area (Å²) in [4.78, 5) is 0. The highest BCUT2D eigenvalue weighted by Crippen LogP contribution is 2.37. The van der Waals surface area contributed by atoms with Crippen LogP contribution in [-0.4, -0.2) is 0 Å². The summed E-state index contributed by atoms with van der Waals surface area (Å²) in [5.74, 6) is 0.607. The summed E-state index contributed by atoms with van der Waals surface area (Å²) < 4.78 is 3.67. The fraction of sp³-hybridized carbons (Fsp3) is 0.429. The Morgan fingerprint density at radius 2 is 2.00 bits per heavy atom. The van der Waals surface area contributed by atoms with Crippen molar-refractivity contribution in [2.75, 3.05) is 0 Å². The minimum atomic E-state index is 0.607. The third kappa shape index (κ3) is 1.95. The van der Waals surface area contributed by atoms with Gasteiger partial charge in [0.25, 0.3) is 0 Å². The maximum absolute atomic E-state index is 3.50. The highest BCUT2D eigenvalue weighted by atomic mass is 79.9. The van der Waals surface area contributed by atoms with Crippen molar-refractivity contribution in [2.24, 2.45) is 5.92 Å². The minimum absolute atomic E-state index is 0.607. The first-order chi connectivity index (χ1) is 4.61. The second-order valence-corrected chi connectivity index (χ2v) is 5.11. The summed E-state index contributed by atoms with van der Waals surface area (Å²) in [7, 11) is 0. The second-order valence-electron chi connectivity index (χ2n) is 2.39. The van der Waals surface area contributed by atoms with E-state index in [1.165, 1.54) is 8.96 Å². The second kappa shape index (κ2) is 3.55. The van der Waals surface area contributed by atoms with E-state index in [1.807, 2.05) is 0 Å². The van der Waals surface area contributed by atoms with Gasteiger partial charge in [0, 0.05) is 8.96 Å². The van der Waals surface area contributed by atoms with Gasteiger partial charge < -0.3 is 0 Å². The zero-order valence-electron chi connectivity index (χ0n) is 5.50. The molecule has 10 heavy (non-hydrogen) atoms. The van der Waals surface area contributed by atoms with Gasteiger partial charge >= 0.3 is 0 Å². The van der Waals surface area contributed by atoms with E-state index in [9.17, 15) is 0 Å². The molecule has 56 valence electrons. The van der Waals surface area contributed by atoms with Gasteiger partial charge in [0.15, 0.2) is 0 Å². The van der Waals surface area contributed by atoms with Crippen molar-refractivity contribution >= 4 is 47.8 Å². The first-order valence-electron chi connectivity index (χ1n) is 3.02. The van der Waals surface area contributed by atoms with Crippen LogP contribution < -0.4 is 0 Å². The molecule has 0 aromatic carbocycles. The topological polar surface area (TPSA) is 0 Å². The van der Waals surface area contributed by atoms with E-state index in [0.29, 0.717) is 5.92 Å². The van der Waals surface area contributed by atoms with Gasteiger partial charge in [0.05, 0.1) is 0 Å². The zero-order chi connectivity index (χ0) is 7.72. The van der Waals surface area contributed by atoms with Crippen molar-refractivity contribution in [3.8, 4) is 0 Å². The molecule has 1 unspecified atom stereocenters. The molecule has 1 atom stereocenters. The van der Waals surface area contributed by atoms with Crippen molar-refractivity contribution in [2.45, 2.75) is 13.3 Å². The van der Waals surface area contributed by atoms with E-state index in [1.54, 1.807) is 0 Å². The van der Waals surface area contributed by atoms with Gasteiger partial charge in [-0.1, -0.05) is 38.8 Å². The molecule has 0 aromatic rings. The Kier molecular flexibility index (Phi) is 3.20. The van der Waals surface area contributed by atoms with Gasteiger partial charge in [-0.3, -0.25) is 0 Å².